The fourth-order valence-electron chi connectivity index (χ4n) is 4.29. The number of nitrogens with one attached hydrogen (secondary N) is 1. The third-order valence-corrected chi connectivity index (χ3v) is 7.84. The van der Waals surface area contributed by atoms with Gasteiger partial charge in [-0.15, -0.1) is 0 Å². The minimum absolute atomic E-state index is 0.0344. The first-order valence-electron chi connectivity index (χ1n) is 9.12. The van der Waals surface area contributed by atoms with Crippen molar-refractivity contribution in [3.05, 3.63) is 24.3 Å². The van der Waals surface area contributed by atoms with Gasteiger partial charge in [-0.25, -0.2) is 8.42 Å². The molecule has 3 heterocycles. The van der Waals surface area contributed by atoms with Gasteiger partial charge in [0, 0.05) is 32.6 Å². The van der Waals surface area contributed by atoms with Gasteiger partial charge in [0.05, 0.1) is 11.1 Å². The molecule has 1 N–H and O–H groups in total. The number of piperidine rings is 1. The van der Waals surface area contributed by atoms with E-state index in [0.717, 1.165) is 12.8 Å². The summed E-state index contributed by atoms with van der Waals surface area (Å²) < 4.78 is 27.9. The van der Waals surface area contributed by atoms with Crippen LogP contribution in [0.5, 0.6) is 0 Å². The Kier molecular flexibility index (Phi) is 4.27. The van der Waals surface area contributed by atoms with Crippen molar-refractivity contribution in [1.29, 1.82) is 0 Å². The molecular weight excluding hydrogens is 354 g/mol. The minimum Gasteiger partial charge on any atom is -0.356 e. The Hall–Kier alpha value is -1.93. The van der Waals surface area contributed by atoms with Crippen LogP contribution in [0.15, 0.2) is 29.2 Å². The van der Waals surface area contributed by atoms with Crippen molar-refractivity contribution in [2.45, 2.75) is 37.0 Å². The second-order valence-corrected chi connectivity index (χ2v) is 9.21. The number of carbonyl (C=O) groups excluding carboxylic acids is 2. The molecule has 0 radical (unpaired) electrons. The first kappa shape index (κ1) is 17.5. The molecule has 0 unspecified atom stereocenters. The lowest BCUT2D eigenvalue weighted by Crippen LogP contribution is -2.46. The van der Waals surface area contributed by atoms with Crippen LogP contribution < -0.4 is 10.2 Å². The number of hydrogen-bond donors (Lipinski definition) is 1. The summed E-state index contributed by atoms with van der Waals surface area (Å²) >= 11 is 0. The summed E-state index contributed by atoms with van der Waals surface area (Å²) in [6, 6.07) is 6.72. The van der Waals surface area contributed by atoms with E-state index in [9.17, 15) is 18.0 Å². The number of rotatable bonds is 3. The zero-order chi connectivity index (χ0) is 18.4. The second-order valence-electron chi connectivity index (χ2n) is 7.31. The topological polar surface area (TPSA) is 86.8 Å². The molecule has 8 heteroatoms. The third kappa shape index (κ3) is 2.72. The molecule has 4 rings (SSSR count). The highest BCUT2D eigenvalue weighted by atomic mass is 32.2. The van der Waals surface area contributed by atoms with Gasteiger partial charge in [-0.1, -0.05) is 12.1 Å². The van der Waals surface area contributed by atoms with E-state index in [0.29, 0.717) is 51.1 Å². The van der Waals surface area contributed by atoms with Crippen LogP contribution in [0.1, 0.15) is 32.1 Å². The molecule has 1 aromatic carbocycles. The van der Waals surface area contributed by atoms with Crippen molar-refractivity contribution in [3.8, 4) is 0 Å². The normalized spacial score (nSPS) is 23.6. The van der Waals surface area contributed by atoms with E-state index >= 15 is 0 Å². The van der Waals surface area contributed by atoms with Gasteiger partial charge in [0.25, 0.3) is 0 Å². The SMILES string of the molecule is O=C1CCCN1c1ccccc1S(=O)(=O)N1CCC2(CCNC2=O)CC1. The molecule has 3 aliphatic heterocycles. The Morgan fingerprint density at radius 3 is 2.35 bits per heavy atom. The Balaban J connectivity index is 1.60. The molecule has 3 fully saturated rings. The number of benzene rings is 1. The molecule has 0 atom stereocenters. The van der Waals surface area contributed by atoms with E-state index in [2.05, 4.69) is 5.32 Å². The number of nitrogens with zero attached hydrogens (tertiary/aromatic N) is 2. The molecule has 1 spiro atoms. The van der Waals surface area contributed by atoms with Crippen LogP contribution in [-0.4, -0.2) is 50.7 Å². The number of carbonyl (C=O) groups is 2. The number of hydrogen-bond acceptors (Lipinski definition) is 4. The Labute approximate surface area is 153 Å². The second kappa shape index (κ2) is 6.35. The predicted molar refractivity (Wildman–Crippen MR) is 96.1 cm³/mol. The van der Waals surface area contributed by atoms with E-state index < -0.39 is 15.4 Å². The summed E-state index contributed by atoms with van der Waals surface area (Å²) in [5, 5.41) is 2.87. The summed E-state index contributed by atoms with van der Waals surface area (Å²) in [4.78, 5) is 26.0. The summed E-state index contributed by atoms with van der Waals surface area (Å²) in [6.45, 7) is 1.89. The summed E-state index contributed by atoms with van der Waals surface area (Å²) in [7, 11) is -3.71. The minimum atomic E-state index is -3.71. The van der Waals surface area contributed by atoms with E-state index in [1.807, 2.05) is 0 Å². The van der Waals surface area contributed by atoms with Gasteiger partial charge < -0.3 is 10.2 Å². The third-order valence-electron chi connectivity index (χ3n) is 5.90. The number of para-hydroxylation sites is 1. The largest absolute Gasteiger partial charge is 0.356 e. The highest BCUT2D eigenvalue weighted by molar-refractivity contribution is 7.89. The number of anilines is 1. The van der Waals surface area contributed by atoms with Gasteiger partial charge >= 0.3 is 0 Å². The van der Waals surface area contributed by atoms with E-state index in [4.69, 9.17) is 0 Å². The average molecular weight is 377 g/mol. The van der Waals surface area contributed by atoms with Crippen LogP contribution in [-0.2, 0) is 19.6 Å². The summed E-state index contributed by atoms with van der Waals surface area (Å²) in [5.74, 6) is 0.0190. The predicted octanol–water partition coefficient (Wildman–Crippen LogP) is 1.10. The van der Waals surface area contributed by atoms with Crippen molar-refractivity contribution >= 4 is 27.5 Å². The first-order valence-corrected chi connectivity index (χ1v) is 10.6. The van der Waals surface area contributed by atoms with Crippen LogP contribution in [0.3, 0.4) is 0 Å². The van der Waals surface area contributed by atoms with Gasteiger partial charge in [0.15, 0.2) is 0 Å². The maximum Gasteiger partial charge on any atom is 0.245 e. The van der Waals surface area contributed by atoms with Gasteiger partial charge in [-0.05, 0) is 37.8 Å². The van der Waals surface area contributed by atoms with Crippen molar-refractivity contribution in [1.82, 2.24) is 9.62 Å². The van der Waals surface area contributed by atoms with Gasteiger partial charge in [-0.2, -0.15) is 4.31 Å². The summed E-state index contributed by atoms with van der Waals surface area (Å²) in [5.41, 5.74) is 0.0603. The molecule has 26 heavy (non-hydrogen) atoms. The fourth-order valence-corrected chi connectivity index (χ4v) is 5.92. The van der Waals surface area contributed by atoms with Gasteiger partial charge in [0.2, 0.25) is 21.8 Å². The monoisotopic (exact) mass is 377 g/mol. The van der Waals surface area contributed by atoms with Crippen LogP contribution in [0, 0.1) is 5.41 Å². The zero-order valence-electron chi connectivity index (χ0n) is 14.6. The summed E-state index contributed by atoms with van der Waals surface area (Å²) in [6.07, 6.45) is 3.06. The molecule has 7 nitrogen and oxygen atoms in total. The Morgan fingerprint density at radius 1 is 1.00 bits per heavy atom. The lowest BCUT2D eigenvalue weighted by atomic mass is 9.78. The Bertz CT molecular complexity index is 844. The number of amides is 2. The molecule has 0 bridgehead atoms. The van der Waals surface area contributed by atoms with Crippen molar-refractivity contribution in [3.63, 3.8) is 0 Å². The van der Waals surface area contributed by atoms with E-state index in [1.54, 1.807) is 29.2 Å². The van der Waals surface area contributed by atoms with Crippen molar-refractivity contribution in [2.24, 2.45) is 5.41 Å². The molecule has 1 aromatic rings. The molecular formula is C18H23N3O4S. The maximum atomic E-state index is 13.2. The standard InChI is InChI=1S/C18H23N3O4S/c22-16-6-3-11-21(16)14-4-1-2-5-15(14)26(24,25)20-12-8-18(9-13-20)7-10-19-17(18)23/h1-2,4-5H,3,6-13H2,(H,19,23). The maximum absolute atomic E-state index is 13.2. The zero-order valence-corrected chi connectivity index (χ0v) is 15.4. The van der Waals surface area contributed by atoms with Crippen molar-refractivity contribution < 1.29 is 18.0 Å². The van der Waals surface area contributed by atoms with E-state index in [1.165, 1.54) is 4.31 Å². The molecule has 3 saturated heterocycles. The van der Waals surface area contributed by atoms with Crippen LogP contribution in [0.25, 0.3) is 0 Å². The van der Waals surface area contributed by atoms with Gasteiger partial charge in [-0.3, -0.25) is 9.59 Å². The molecule has 2 amide bonds. The average Bonchev–Trinajstić information content (AvgIpc) is 3.22. The molecule has 0 aromatic heterocycles. The molecule has 3 aliphatic rings. The fraction of sp³-hybridized carbons (Fsp3) is 0.556. The smallest absolute Gasteiger partial charge is 0.245 e. The van der Waals surface area contributed by atoms with Crippen molar-refractivity contribution in [2.75, 3.05) is 31.1 Å². The molecule has 140 valence electrons. The lowest BCUT2D eigenvalue weighted by molar-refractivity contribution is -0.129. The first-order chi connectivity index (χ1) is 12.4. The van der Waals surface area contributed by atoms with Crippen LogP contribution >= 0.6 is 0 Å². The molecule has 0 aliphatic carbocycles. The van der Waals surface area contributed by atoms with E-state index in [-0.39, 0.29) is 16.7 Å². The Morgan fingerprint density at radius 2 is 1.73 bits per heavy atom. The number of sulfonamides is 1. The van der Waals surface area contributed by atoms with Crippen LogP contribution in [0.4, 0.5) is 5.69 Å². The highest BCUT2D eigenvalue weighted by Gasteiger charge is 2.46. The quantitative estimate of drug-likeness (QED) is 0.855. The van der Waals surface area contributed by atoms with Crippen LogP contribution in [0.2, 0.25) is 0 Å². The van der Waals surface area contributed by atoms with Gasteiger partial charge in [0.1, 0.15) is 4.90 Å². The lowest BCUT2D eigenvalue weighted by Gasteiger charge is -2.37. The molecule has 0 saturated carbocycles. The highest BCUT2D eigenvalue weighted by Crippen LogP contribution is 2.40.